The van der Waals surface area contributed by atoms with Crippen molar-refractivity contribution in [2.75, 3.05) is 19.3 Å². The second kappa shape index (κ2) is 10.4. The molecule has 3 amide bonds. The van der Waals surface area contributed by atoms with Crippen LogP contribution >= 0.6 is 23.5 Å². The topological polar surface area (TPSA) is 75.7 Å². The zero-order chi connectivity index (χ0) is 21.5. The first-order valence-electron chi connectivity index (χ1n) is 9.37. The minimum atomic E-state index is -0.688. The van der Waals surface area contributed by atoms with Gasteiger partial charge in [-0.2, -0.15) is 0 Å². The van der Waals surface area contributed by atoms with Gasteiger partial charge >= 0.3 is 0 Å². The van der Waals surface area contributed by atoms with Crippen molar-refractivity contribution in [1.82, 2.24) is 10.2 Å². The number of benzene rings is 2. The zero-order valence-corrected chi connectivity index (χ0v) is 18.3. The van der Waals surface area contributed by atoms with Crippen molar-refractivity contribution in [2.24, 2.45) is 0 Å². The van der Waals surface area contributed by atoms with E-state index in [9.17, 15) is 14.4 Å². The molecule has 1 N–H and O–H groups in total. The molecule has 0 aromatic heterocycles. The Morgan fingerprint density at radius 1 is 1.17 bits per heavy atom. The highest BCUT2D eigenvalue weighted by Gasteiger charge is 2.34. The number of carbonyl (C=O) groups excluding carboxylic acids is 3. The van der Waals surface area contributed by atoms with E-state index >= 15 is 0 Å². The lowest BCUT2D eigenvalue weighted by molar-refractivity contribution is -0.128. The van der Waals surface area contributed by atoms with Gasteiger partial charge in [0.25, 0.3) is 17.1 Å². The Kier molecular flexibility index (Phi) is 7.59. The van der Waals surface area contributed by atoms with Crippen LogP contribution in [0, 0.1) is 0 Å². The zero-order valence-electron chi connectivity index (χ0n) is 16.7. The van der Waals surface area contributed by atoms with Crippen molar-refractivity contribution in [2.45, 2.75) is 17.9 Å². The summed E-state index contributed by atoms with van der Waals surface area (Å²) in [6.45, 7) is 1.92. The molecule has 1 heterocycles. The molecule has 1 aliphatic heterocycles. The number of nitrogens with one attached hydrogen (secondary N) is 1. The number of nitrogens with zero attached hydrogens (tertiary/aromatic N) is 1. The minimum Gasteiger partial charge on any atom is -0.481 e. The van der Waals surface area contributed by atoms with E-state index in [4.69, 9.17) is 4.74 Å². The number of amides is 3. The van der Waals surface area contributed by atoms with Gasteiger partial charge in [0.2, 0.25) is 0 Å². The summed E-state index contributed by atoms with van der Waals surface area (Å²) in [5.74, 6) is -0.0567. The Balaban J connectivity index is 1.51. The van der Waals surface area contributed by atoms with Gasteiger partial charge in [0.15, 0.2) is 6.10 Å². The van der Waals surface area contributed by atoms with Crippen LogP contribution in [0.4, 0.5) is 4.79 Å². The predicted octanol–water partition coefficient (Wildman–Crippen LogP) is 4.03. The lowest BCUT2D eigenvalue weighted by Crippen LogP contribution is -2.41. The number of imide groups is 1. The summed E-state index contributed by atoms with van der Waals surface area (Å²) in [7, 11) is 0. The van der Waals surface area contributed by atoms with Gasteiger partial charge in [-0.3, -0.25) is 19.3 Å². The second-order valence-electron chi connectivity index (χ2n) is 6.47. The number of para-hydroxylation sites is 1. The van der Waals surface area contributed by atoms with Crippen molar-refractivity contribution < 1.29 is 19.1 Å². The molecule has 30 heavy (non-hydrogen) atoms. The molecular weight excluding hydrogens is 420 g/mol. The minimum absolute atomic E-state index is 0.108. The number of hydrogen-bond acceptors (Lipinski definition) is 6. The van der Waals surface area contributed by atoms with Crippen LogP contribution in [0.15, 0.2) is 64.4 Å². The molecule has 8 heteroatoms. The second-order valence-corrected chi connectivity index (χ2v) is 8.34. The molecule has 156 valence electrons. The van der Waals surface area contributed by atoms with Crippen LogP contribution in [-0.2, 0) is 9.59 Å². The number of hydrogen-bond donors (Lipinski definition) is 1. The maximum Gasteiger partial charge on any atom is 0.293 e. The fraction of sp³-hybridized carbons (Fsp3) is 0.227. The van der Waals surface area contributed by atoms with E-state index in [1.54, 1.807) is 36.9 Å². The monoisotopic (exact) mass is 442 g/mol. The molecule has 1 aliphatic rings. The van der Waals surface area contributed by atoms with E-state index in [1.165, 1.54) is 0 Å². The summed E-state index contributed by atoms with van der Waals surface area (Å²) in [4.78, 5) is 39.6. The lowest BCUT2D eigenvalue weighted by Gasteiger charge is -2.16. The van der Waals surface area contributed by atoms with E-state index in [0.29, 0.717) is 10.7 Å². The average molecular weight is 443 g/mol. The number of ether oxygens (including phenoxy) is 1. The first-order chi connectivity index (χ1) is 14.5. The molecule has 3 rings (SSSR count). The van der Waals surface area contributed by atoms with Crippen molar-refractivity contribution in [3.8, 4) is 5.75 Å². The summed E-state index contributed by atoms with van der Waals surface area (Å²) in [6.07, 6.45) is 3.02. The normalized spacial score (nSPS) is 16.1. The van der Waals surface area contributed by atoms with Crippen LogP contribution in [0.5, 0.6) is 5.75 Å². The highest BCUT2D eigenvalue weighted by Crippen LogP contribution is 2.32. The number of rotatable bonds is 8. The van der Waals surface area contributed by atoms with E-state index in [2.05, 4.69) is 5.32 Å². The van der Waals surface area contributed by atoms with Crippen LogP contribution in [-0.4, -0.2) is 47.4 Å². The van der Waals surface area contributed by atoms with E-state index in [0.717, 1.165) is 27.1 Å². The quantitative estimate of drug-likeness (QED) is 0.491. The van der Waals surface area contributed by atoms with Crippen LogP contribution < -0.4 is 10.1 Å². The van der Waals surface area contributed by atoms with Gasteiger partial charge in [0.1, 0.15) is 5.75 Å². The first kappa shape index (κ1) is 22.0. The van der Waals surface area contributed by atoms with Gasteiger partial charge in [-0.25, -0.2) is 0 Å². The molecule has 0 radical (unpaired) electrons. The average Bonchev–Trinajstić information content (AvgIpc) is 3.02. The van der Waals surface area contributed by atoms with Crippen LogP contribution in [0.25, 0.3) is 6.08 Å². The van der Waals surface area contributed by atoms with Gasteiger partial charge in [0.05, 0.1) is 4.91 Å². The summed E-state index contributed by atoms with van der Waals surface area (Å²) in [5, 5.41) is 2.37. The number of carbonyl (C=O) groups is 3. The standard InChI is InChI=1S/C22H22N2O4S2/c1-15(28-17-6-4-3-5-7-17)20(25)23-12-13-24-21(26)19(30-22(24)27)14-16-8-10-18(29-2)11-9-16/h3-11,14-15H,12-13H2,1-2H3,(H,23,25)/b19-14-/t15-/m1/s1. The molecule has 0 spiro atoms. The third-order valence-corrected chi connectivity index (χ3v) is 6.00. The van der Waals surface area contributed by atoms with Crippen LogP contribution in [0.2, 0.25) is 0 Å². The molecule has 2 aromatic carbocycles. The Morgan fingerprint density at radius 3 is 2.53 bits per heavy atom. The van der Waals surface area contributed by atoms with E-state index in [-0.39, 0.29) is 30.1 Å². The molecular formula is C22H22N2O4S2. The molecule has 0 saturated carbocycles. The van der Waals surface area contributed by atoms with Gasteiger partial charge in [-0.15, -0.1) is 11.8 Å². The Labute approximate surface area is 184 Å². The van der Waals surface area contributed by atoms with Gasteiger partial charge in [-0.1, -0.05) is 30.3 Å². The molecule has 0 unspecified atom stereocenters. The highest BCUT2D eigenvalue weighted by atomic mass is 32.2. The van der Waals surface area contributed by atoms with Gasteiger partial charge in [0, 0.05) is 18.0 Å². The first-order valence-corrected chi connectivity index (χ1v) is 11.4. The van der Waals surface area contributed by atoms with Crippen molar-refractivity contribution in [3.63, 3.8) is 0 Å². The van der Waals surface area contributed by atoms with Crippen LogP contribution in [0.3, 0.4) is 0 Å². The molecule has 1 saturated heterocycles. The fourth-order valence-electron chi connectivity index (χ4n) is 2.74. The van der Waals surface area contributed by atoms with Crippen molar-refractivity contribution in [3.05, 3.63) is 65.1 Å². The SMILES string of the molecule is CSc1ccc(/C=C2\SC(=O)N(CCNC(=O)[C@@H](C)Oc3ccccc3)C2=O)cc1. The van der Waals surface area contributed by atoms with E-state index < -0.39 is 6.10 Å². The largest absolute Gasteiger partial charge is 0.481 e. The maximum absolute atomic E-state index is 12.6. The van der Waals surface area contributed by atoms with Gasteiger partial charge in [-0.05, 0) is 60.8 Å². The molecule has 0 aliphatic carbocycles. The highest BCUT2D eigenvalue weighted by molar-refractivity contribution is 8.18. The summed E-state index contributed by atoms with van der Waals surface area (Å²) in [5.41, 5.74) is 0.860. The van der Waals surface area contributed by atoms with E-state index in [1.807, 2.05) is 48.7 Å². The summed E-state index contributed by atoms with van der Waals surface area (Å²) >= 11 is 2.55. The summed E-state index contributed by atoms with van der Waals surface area (Å²) < 4.78 is 5.57. The predicted molar refractivity (Wildman–Crippen MR) is 120 cm³/mol. The van der Waals surface area contributed by atoms with Crippen LogP contribution in [0.1, 0.15) is 12.5 Å². The molecule has 1 fully saturated rings. The smallest absolute Gasteiger partial charge is 0.293 e. The Hall–Kier alpha value is -2.71. The molecule has 2 aromatic rings. The molecule has 6 nitrogen and oxygen atoms in total. The lowest BCUT2D eigenvalue weighted by atomic mass is 10.2. The maximum atomic E-state index is 12.6. The van der Waals surface area contributed by atoms with Crippen molar-refractivity contribution >= 4 is 46.7 Å². The van der Waals surface area contributed by atoms with Gasteiger partial charge < -0.3 is 10.1 Å². The fourth-order valence-corrected chi connectivity index (χ4v) is 4.01. The Morgan fingerprint density at radius 2 is 1.87 bits per heavy atom. The molecule has 1 atom stereocenters. The Bertz CT molecular complexity index is 945. The van der Waals surface area contributed by atoms with Crippen molar-refractivity contribution in [1.29, 1.82) is 0 Å². The summed E-state index contributed by atoms with van der Waals surface area (Å²) in [6, 6.07) is 16.8. The number of thioether (sulfide) groups is 2. The molecule has 0 bridgehead atoms. The third-order valence-electron chi connectivity index (χ3n) is 4.35. The third kappa shape index (κ3) is 5.67.